The van der Waals surface area contributed by atoms with Crippen molar-refractivity contribution in [1.29, 1.82) is 0 Å². The van der Waals surface area contributed by atoms with Crippen LogP contribution >= 0.6 is 24.0 Å². The highest BCUT2D eigenvalue weighted by molar-refractivity contribution is 14.0. The number of hydrogen-bond acceptors (Lipinski definition) is 3. The Bertz CT molecular complexity index is 581. The van der Waals surface area contributed by atoms with E-state index in [0.717, 1.165) is 0 Å². The third kappa shape index (κ3) is 12.5. The fourth-order valence-electron chi connectivity index (χ4n) is 1.84. The molecule has 0 amide bonds. The summed E-state index contributed by atoms with van der Waals surface area (Å²) in [5.74, 6) is -0.0499. The Balaban J connectivity index is 0.00000676. The second-order valence-corrected chi connectivity index (χ2v) is 5.03. The predicted molar refractivity (Wildman–Crippen MR) is 98.2 cm³/mol. The van der Waals surface area contributed by atoms with Gasteiger partial charge in [0.25, 0.3) is 0 Å². The van der Waals surface area contributed by atoms with Crippen molar-refractivity contribution in [2.45, 2.75) is 25.5 Å². The van der Waals surface area contributed by atoms with E-state index in [9.17, 15) is 26.3 Å². The van der Waals surface area contributed by atoms with Crippen molar-refractivity contribution < 1.29 is 35.8 Å². The zero-order chi connectivity index (χ0) is 19.6. The molecule has 0 fully saturated rings. The van der Waals surface area contributed by atoms with Gasteiger partial charge in [-0.3, -0.25) is 4.99 Å². The molecule has 0 bridgehead atoms. The molecule has 0 saturated carbocycles. The summed E-state index contributed by atoms with van der Waals surface area (Å²) in [5, 5.41) is 5.62. The fraction of sp³-hybridized carbons (Fsp3) is 0.533. The number of rotatable bonds is 8. The molecule has 2 N–H and O–H groups in total. The number of benzene rings is 1. The topological polar surface area (TPSA) is 54.9 Å². The van der Waals surface area contributed by atoms with E-state index in [4.69, 9.17) is 0 Å². The molecule has 12 heteroatoms. The average molecular weight is 515 g/mol. The summed E-state index contributed by atoms with van der Waals surface area (Å²) >= 11 is 0. The van der Waals surface area contributed by atoms with E-state index >= 15 is 0 Å². The highest BCUT2D eigenvalue weighted by atomic mass is 127. The number of nitrogens with zero attached hydrogens (tertiary/aromatic N) is 1. The first-order valence-electron chi connectivity index (χ1n) is 7.53. The van der Waals surface area contributed by atoms with Crippen molar-refractivity contribution in [3.05, 3.63) is 29.8 Å². The highest BCUT2D eigenvalue weighted by Gasteiger charge is 2.32. The summed E-state index contributed by atoms with van der Waals surface area (Å²) in [6, 6.07) is 5.64. The maximum Gasteiger partial charge on any atom is 0.573 e. The zero-order valence-electron chi connectivity index (χ0n) is 14.3. The molecule has 0 atom stereocenters. The zero-order valence-corrected chi connectivity index (χ0v) is 16.6. The van der Waals surface area contributed by atoms with Crippen molar-refractivity contribution in [2.24, 2.45) is 4.99 Å². The molecule has 0 aliphatic carbocycles. The summed E-state index contributed by atoms with van der Waals surface area (Å²) in [7, 11) is 1.45. The van der Waals surface area contributed by atoms with E-state index in [1.54, 1.807) is 6.07 Å². The molecule has 0 heterocycles. The second-order valence-electron chi connectivity index (χ2n) is 5.03. The van der Waals surface area contributed by atoms with E-state index in [2.05, 4.69) is 25.1 Å². The molecule has 1 aromatic rings. The minimum absolute atomic E-state index is 0. The number of nitrogens with one attached hydrogen (secondary N) is 2. The van der Waals surface area contributed by atoms with Gasteiger partial charge in [-0.05, 0) is 12.5 Å². The Hall–Kier alpha value is -1.44. The molecule has 0 aromatic heterocycles. The van der Waals surface area contributed by atoms with Crippen LogP contribution in [0.25, 0.3) is 0 Å². The van der Waals surface area contributed by atoms with E-state index < -0.39 is 19.1 Å². The maximum absolute atomic E-state index is 12.4. The Morgan fingerprint density at radius 3 is 2.33 bits per heavy atom. The number of alkyl halides is 6. The Labute approximate surface area is 169 Å². The van der Waals surface area contributed by atoms with E-state index in [0.29, 0.717) is 6.42 Å². The van der Waals surface area contributed by atoms with Gasteiger partial charge in [-0.25, -0.2) is 0 Å². The summed E-state index contributed by atoms with van der Waals surface area (Å²) in [5.41, 5.74) is 0.265. The lowest BCUT2D eigenvalue weighted by molar-refractivity contribution is -0.274. The number of ether oxygens (including phenoxy) is 2. The van der Waals surface area contributed by atoms with Crippen molar-refractivity contribution in [3.63, 3.8) is 0 Å². The number of hydrogen-bond donors (Lipinski definition) is 2. The van der Waals surface area contributed by atoms with Gasteiger partial charge in [-0.1, -0.05) is 18.2 Å². The normalized spacial score (nSPS) is 12.3. The summed E-state index contributed by atoms with van der Waals surface area (Å²) in [6.07, 6.45) is -8.87. The molecule has 1 aromatic carbocycles. The van der Waals surface area contributed by atoms with Gasteiger partial charge in [0, 0.05) is 32.3 Å². The number of halogens is 7. The first-order valence-corrected chi connectivity index (χ1v) is 7.53. The first-order chi connectivity index (χ1) is 12.1. The molecular weight excluding hydrogens is 495 g/mol. The Morgan fingerprint density at radius 2 is 1.74 bits per heavy atom. The molecule has 27 heavy (non-hydrogen) atoms. The molecule has 0 unspecified atom stereocenters. The van der Waals surface area contributed by atoms with Crippen LogP contribution in [0.2, 0.25) is 0 Å². The first kappa shape index (κ1) is 25.6. The van der Waals surface area contributed by atoms with Crippen LogP contribution in [0.1, 0.15) is 12.0 Å². The Morgan fingerprint density at radius 1 is 1.07 bits per heavy atom. The van der Waals surface area contributed by atoms with Gasteiger partial charge in [-0.15, -0.1) is 37.1 Å². The third-order valence-corrected chi connectivity index (χ3v) is 2.89. The van der Waals surface area contributed by atoms with Gasteiger partial charge in [0.15, 0.2) is 5.96 Å². The predicted octanol–water partition coefficient (Wildman–Crippen LogP) is 3.84. The molecular formula is C15H20F6IN3O2. The highest BCUT2D eigenvalue weighted by Crippen LogP contribution is 2.26. The molecule has 0 saturated heterocycles. The van der Waals surface area contributed by atoms with Crippen LogP contribution in [0.5, 0.6) is 5.75 Å². The minimum atomic E-state index is -4.80. The molecule has 156 valence electrons. The van der Waals surface area contributed by atoms with Gasteiger partial charge < -0.3 is 20.1 Å². The SMILES string of the molecule is CN=C(NCCCOCC(F)(F)F)NCc1ccccc1OC(F)(F)F.I. The number of para-hydroxylation sites is 1. The van der Waals surface area contributed by atoms with Crippen molar-refractivity contribution in [2.75, 3.05) is 26.8 Å². The van der Waals surface area contributed by atoms with Crippen LogP contribution in [0, 0.1) is 0 Å². The van der Waals surface area contributed by atoms with Gasteiger partial charge in [0.05, 0.1) is 0 Å². The lowest BCUT2D eigenvalue weighted by Gasteiger charge is -2.15. The lowest BCUT2D eigenvalue weighted by Crippen LogP contribution is -2.37. The second kappa shape index (κ2) is 12.1. The van der Waals surface area contributed by atoms with E-state index in [1.165, 1.54) is 25.2 Å². The van der Waals surface area contributed by atoms with E-state index in [-0.39, 0.29) is 60.9 Å². The Kier molecular flexibility index (Phi) is 11.5. The van der Waals surface area contributed by atoms with Gasteiger partial charge in [0.1, 0.15) is 12.4 Å². The monoisotopic (exact) mass is 515 g/mol. The minimum Gasteiger partial charge on any atom is -0.405 e. The fourth-order valence-corrected chi connectivity index (χ4v) is 1.84. The average Bonchev–Trinajstić information content (AvgIpc) is 2.52. The van der Waals surface area contributed by atoms with Gasteiger partial charge >= 0.3 is 12.5 Å². The summed E-state index contributed by atoms with van der Waals surface area (Å²) in [4.78, 5) is 3.87. The summed E-state index contributed by atoms with van der Waals surface area (Å²) < 4.78 is 81.2. The molecule has 5 nitrogen and oxygen atoms in total. The van der Waals surface area contributed by atoms with Gasteiger partial charge in [-0.2, -0.15) is 13.2 Å². The quantitative estimate of drug-likeness (QED) is 0.182. The number of guanidine groups is 1. The van der Waals surface area contributed by atoms with Crippen LogP contribution in [-0.2, 0) is 11.3 Å². The molecule has 1 rings (SSSR count). The van der Waals surface area contributed by atoms with Crippen LogP contribution in [0.15, 0.2) is 29.3 Å². The summed E-state index contributed by atoms with van der Waals surface area (Å²) in [6.45, 7) is -1.11. The van der Waals surface area contributed by atoms with Crippen molar-refractivity contribution in [3.8, 4) is 5.75 Å². The maximum atomic E-state index is 12.4. The molecule has 0 radical (unpaired) electrons. The third-order valence-electron chi connectivity index (χ3n) is 2.89. The molecule has 0 aliphatic heterocycles. The van der Waals surface area contributed by atoms with Crippen LogP contribution in [0.3, 0.4) is 0 Å². The number of aliphatic imine (C=N–C) groups is 1. The smallest absolute Gasteiger partial charge is 0.405 e. The van der Waals surface area contributed by atoms with Crippen molar-refractivity contribution in [1.82, 2.24) is 10.6 Å². The van der Waals surface area contributed by atoms with Gasteiger partial charge in [0.2, 0.25) is 0 Å². The van der Waals surface area contributed by atoms with Crippen molar-refractivity contribution >= 4 is 29.9 Å². The molecule has 0 aliphatic rings. The van der Waals surface area contributed by atoms with Crippen LogP contribution in [0.4, 0.5) is 26.3 Å². The standard InChI is InChI=1S/C15H19F6N3O2.HI/c1-22-13(23-7-4-8-25-10-14(16,17)18)24-9-11-5-2-3-6-12(11)26-15(19,20)21;/h2-3,5-6H,4,7-10H2,1H3,(H2,22,23,24);1H. The lowest BCUT2D eigenvalue weighted by atomic mass is 10.2. The van der Waals surface area contributed by atoms with Crippen LogP contribution in [-0.4, -0.2) is 45.3 Å². The van der Waals surface area contributed by atoms with E-state index in [1.807, 2.05) is 0 Å². The molecule has 0 spiro atoms. The largest absolute Gasteiger partial charge is 0.573 e. The van der Waals surface area contributed by atoms with Crippen LogP contribution < -0.4 is 15.4 Å².